The second-order valence-electron chi connectivity index (χ2n) is 8.68. The number of aromatic nitrogens is 5. The number of benzene rings is 1. The zero-order valence-corrected chi connectivity index (χ0v) is 18.1. The van der Waals surface area contributed by atoms with E-state index in [0.29, 0.717) is 29.3 Å². The van der Waals surface area contributed by atoms with Crippen LogP contribution in [0.2, 0.25) is 0 Å². The summed E-state index contributed by atoms with van der Waals surface area (Å²) in [6.45, 7) is 8.81. The number of amides is 1. The molecule has 0 spiro atoms. The average Bonchev–Trinajstić information content (AvgIpc) is 3.34. The van der Waals surface area contributed by atoms with Crippen LogP contribution in [0.5, 0.6) is 0 Å². The predicted molar refractivity (Wildman–Crippen MR) is 119 cm³/mol. The number of hydrogen-bond acceptors (Lipinski definition) is 4. The van der Waals surface area contributed by atoms with E-state index in [-0.39, 0.29) is 23.3 Å². The molecule has 2 N–H and O–H groups in total. The molecule has 0 fully saturated rings. The molecule has 8 nitrogen and oxygen atoms in total. The maximum absolute atomic E-state index is 12.7. The maximum atomic E-state index is 12.7. The number of nitrogens with zero attached hydrogens (tertiary/aromatic N) is 4. The first-order valence-corrected chi connectivity index (χ1v) is 10.2. The Morgan fingerprint density at radius 3 is 2.58 bits per heavy atom. The van der Waals surface area contributed by atoms with Gasteiger partial charge in [-0.15, -0.1) is 0 Å². The van der Waals surface area contributed by atoms with Gasteiger partial charge in [-0.3, -0.25) is 14.7 Å². The Morgan fingerprint density at radius 2 is 1.87 bits per heavy atom. The van der Waals surface area contributed by atoms with E-state index in [1.54, 1.807) is 36.1 Å². The van der Waals surface area contributed by atoms with Gasteiger partial charge < -0.3 is 5.32 Å². The molecule has 1 amide bonds. The standard InChI is InChI=1S/C23H26N6O2/c1-15-18(22(31)29-20(26-15)10-12-25-29)13-21(30)27-19-9-11-24-28(19)14-16-5-7-17(8-6-16)23(2,3)4/h5-12,25H,13-14H2,1-4H3,(H,27,30). The van der Waals surface area contributed by atoms with Gasteiger partial charge in [0.15, 0.2) is 5.65 Å². The molecule has 3 aromatic heterocycles. The Morgan fingerprint density at radius 1 is 1.13 bits per heavy atom. The van der Waals surface area contributed by atoms with Gasteiger partial charge in [0.05, 0.1) is 19.2 Å². The minimum atomic E-state index is -0.293. The number of aryl methyl sites for hydroxylation is 1. The molecule has 31 heavy (non-hydrogen) atoms. The highest BCUT2D eigenvalue weighted by atomic mass is 16.2. The maximum Gasteiger partial charge on any atom is 0.276 e. The first-order chi connectivity index (χ1) is 14.7. The third-order valence-corrected chi connectivity index (χ3v) is 5.32. The van der Waals surface area contributed by atoms with E-state index >= 15 is 0 Å². The van der Waals surface area contributed by atoms with Crippen molar-refractivity contribution in [3.8, 4) is 0 Å². The van der Waals surface area contributed by atoms with Gasteiger partial charge in [0.1, 0.15) is 5.82 Å². The van der Waals surface area contributed by atoms with Gasteiger partial charge in [-0.1, -0.05) is 45.0 Å². The minimum absolute atomic E-state index is 0.0644. The van der Waals surface area contributed by atoms with Crippen LogP contribution in [0.3, 0.4) is 0 Å². The van der Waals surface area contributed by atoms with Gasteiger partial charge in [-0.25, -0.2) is 14.2 Å². The van der Waals surface area contributed by atoms with Crippen molar-refractivity contribution in [3.05, 3.63) is 81.5 Å². The fourth-order valence-electron chi connectivity index (χ4n) is 3.51. The highest BCUT2D eigenvalue weighted by molar-refractivity contribution is 5.91. The molecule has 1 aromatic carbocycles. The normalized spacial score (nSPS) is 11.7. The summed E-state index contributed by atoms with van der Waals surface area (Å²) in [5.74, 6) is 0.287. The lowest BCUT2D eigenvalue weighted by Gasteiger charge is -2.19. The molecule has 0 aliphatic carbocycles. The average molecular weight is 419 g/mol. The van der Waals surface area contributed by atoms with Crippen LogP contribution >= 0.6 is 0 Å². The zero-order valence-electron chi connectivity index (χ0n) is 18.1. The molecular formula is C23H26N6O2. The molecule has 3 heterocycles. The van der Waals surface area contributed by atoms with Crippen LogP contribution in [0, 0.1) is 6.92 Å². The van der Waals surface area contributed by atoms with Crippen molar-refractivity contribution in [1.82, 2.24) is 24.4 Å². The van der Waals surface area contributed by atoms with Crippen molar-refractivity contribution in [2.24, 2.45) is 0 Å². The number of anilines is 1. The third kappa shape index (κ3) is 4.28. The highest BCUT2D eigenvalue weighted by Crippen LogP contribution is 2.22. The van der Waals surface area contributed by atoms with E-state index < -0.39 is 0 Å². The Labute approximate surface area is 179 Å². The molecule has 4 aromatic rings. The number of fused-ring (bicyclic) bond motifs is 1. The number of H-pyrrole nitrogens is 1. The van der Waals surface area contributed by atoms with Crippen molar-refractivity contribution < 1.29 is 4.79 Å². The molecule has 0 aliphatic heterocycles. The largest absolute Gasteiger partial charge is 0.311 e. The Bertz CT molecular complexity index is 1290. The van der Waals surface area contributed by atoms with E-state index in [1.807, 2.05) is 0 Å². The van der Waals surface area contributed by atoms with Crippen molar-refractivity contribution in [3.63, 3.8) is 0 Å². The minimum Gasteiger partial charge on any atom is -0.311 e. The van der Waals surface area contributed by atoms with Crippen molar-refractivity contribution in [2.75, 3.05) is 5.32 Å². The number of carbonyl (C=O) groups is 1. The van der Waals surface area contributed by atoms with Crippen LogP contribution in [0.15, 0.2) is 53.6 Å². The molecule has 0 atom stereocenters. The second kappa shape index (κ2) is 7.86. The molecule has 0 radical (unpaired) electrons. The number of nitrogens with one attached hydrogen (secondary N) is 2. The first kappa shape index (κ1) is 20.6. The van der Waals surface area contributed by atoms with E-state index in [9.17, 15) is 9.59 Å². The van der Waals surface area contributed by atoms with Crippen LogP contribution < -0.4 is 10.9 Å². The van der Waals surface area contributed by atoms with E-state index in [4.69, 9.17) is 0 Å². The number of rotatable bonds is 5. The lowest BCUT2D eigenvalue weighted by Crippen LogP contribution is -2.27. The van der Waals surface area contributed by atoms with Gasteiger partial charge in [0, 0.05) is 29.6 Å². The second-order valence-corrected chi connectivity index (χ2v) is 8.68. The molecule has 160 valence electrons. The Hall–Kier alpha value is -3.68. The van der Waals surface area contributed by atoms with Crippen LogP contribution in [0.25, 0.3) is 5.65 Å². The van der Waals surface area contributed by atoms with Crippen LogP contribution in [-0.2, 0) is 23.2 Å². The van der Waals surface area contributed by atoms with Gasteiger partial charge in [0.25, 0.3) is 5.56 Å². The fourth-order valence-corrected chi connectivity index (χ4v) is 3.51. The van der Waals surface area contributed by atoms with Crippen molar-refractivity contribution in [2.45, 2.75) is 46.1 Å². The van der Waals surface area contributed by atoms with Crippen molar-refractivity contribution >= 4 is 17.4 Å². The lowest BCUT2D eigenvalue weighted by molar-refractivity contribution is -0.115. The summed E-state index contributed by atoms with van der Waals surface area (Å²) >= 11 is 0. The summed E-state index contributed by atoms with van der Waals surface area (Å²) in [6.07, 6.45) is 3.22. The molecular weight excluding hydrogens is 392 g/mol. The van der Waals surface area contributed by atoms with E-state index in [1.165, 1.54) is 10.1 Å². The van der Waals surface area contributed by atoms with Crippen LogP contribution in [0.4, 0.5) is 5.82 Å². The lowest BCUT2D eigenvalue weighted by atomic mass is 9.87. The quantitative estimate of drug-likeness (QED) is 0.521. The van der Waals surface area contributed by atoms with Crippen molar-refractivity contribution in [1.29, 1.82) is 0 Å². The predicted octanol–water partition coefficient (Wildman–Crippen LogP) is 3.05. The summed E-state index contributed by atoms with van der Waals surface area (Å²) in [5.41, 5.74) is 3.62. The first-order valence-electron chi connectivity index (χ1n) is 10.2. The van der Waals surface area contributed by atoms with Gasteiger partial charge >= 0.3 is 0 Å². The van der Waals surface area contributed by atoms with Crippen LogP contribution in [0.1, 0.15) is 43.2 Å². The number of aromatic amines is 1. The summed E-state index contributed by atoms with van der Waals surface area (Å²) in [4.78, 5) is 29.7. The molecule has 0 saturated carbocycles. The fraction of sp³-hybridized carbons (Fsp3) is 0.304. The molecule has 0 saturated heterocycles. The summed E-state index contributed by atoms with van der Waals surface area (Å²) < 4.78 is 3.07. The monoisotopic (exact) mass is 418 g/mol. The van der Waals surface area contributed by atoms with Gasteiger partial charge in [-0.2, -0.15) is 5.10 Å². The summed E-state index contributed by atoms with van der Waals surface area (Å²) in [5, 5.41) is 10.0. The summed E-state index contributed by atoms with van der Waals surface area (Å²) in [7, 11) is 0. The van der Waals surface area contributed by atoms with Gasteiger partial charge in [0.2, 0.25) is 5.91 Å². The Balaban J connectivity index is 1.48. The number of hydrogen-bond donors (Lipinski definition) is 2. The van der Waals surface area contributed by atoms with Crippen LogP contribution in [-0.4, -0.2) is 30.3 Å². The van der Waals surface area contributed by atoms with E-state index in [2.05, 4.69) is 65.5 Å². The molecule has 0 aliphatic rings. The van der Waals surface area contributed by atoms with E-state index in [0.717, 1.165) is 5.56 Å². The molecule has 8 heteroatoms. The topological polar surface area (TPSA) is 97.1 Å². The Kier molecular flexibility index (Phi) is 5.22. The SMILES string of the molecule is Cc1nc2cc[nH]n2c(=O)c1CC(=O)Nc1ccnn1Cc1ccc(C(C)(C)C)cc1. The molecule has 0 bridgehead atoms. The molecule has 4 rings (SSSR count). The van der Waals surface area contributed by atoms with Gasteiger partial charge in [-0.05, 0) is 23.5 Å². The smallest absolute Gasteiger partial charge is 0.276 e. The third-order valence-electron chi connectivity index (χ3n) is 5.32. The summed E-state index contributed by atoms with van der Waals surface area (Å²) in [6, 6.07) is 11.9. The highest BCUT2D eigenvalue weighted by Gasteiger charge is 2.16. The zero-order chi connectivity index (χ0) is 22.2. The molecule has 0 unspecified atom stereocenters. The number of carbonyl (C=O) groups excluding carboxylic acids is 1.